The SMILES string of the molecule is C.C.C.COC(C)N(C)C. The number of methoxy groups -OCH3 is 1. The molecular formula is C8H25NO. The van der Waals surface area contributed by atoms with Gasteiger partial charge in [0, 0.05) is 7.11 Å². The molecule has 68 valence electrons. The number of ether oxygens (including phenoxy) is 1. The summed E-state index contributed by atoms with van der Waals surface area (Å²) < 4.78 is 4.94. The largest absolute Gasteiger partial charge is 0.367 e. The maximum atomic E-state index is 4.94. The van der Waals surface area contributed by atoms with Gasteiger partial charge in [-0.25, -0.2) is 0 Å². The van der Waals surface area contributed by atoms with Crippen LogP contribution in [0.5, 0.6) is 0 Å². The Morgan fingerprint density at radius 3 is 1.40 bits per heavy atom. The summed E-state index contributed by atoms with van der Waals surface area (Å²) in [4.78, 5) is 2.00. The molecule has 1 unspecified atom stereocenters. The van der Waals surface area contributed by atoms with Gasteiger partial charge in [0.15, 0.2) is 0 Å². The van der Waals surface area contributed by atoms with E-state index in [1.165, 1.54) is 0 Å². The molecule has 0 rings (SSSR count). The Kier molecular flexibility index (Phi) is 26.3. The van der Waals surface area contributed by atoms with Gasteiger partial charge in [0.25, 0.3) is 0 Å². The monoisotopic (exact) mass is 151 g/mol. The predicted octanol–water partition coefficient (Wildman–Crippen LogP) is 2.45. The molecule has 0 aromatic rings. The lowest BCUT2D eigenvalue weighted by atomic mass is 10.6. The van der Waals surface area contributed by atoms with Gasteiger partial charge in [-0.3, -0.25) is 4.90 Å². The quantitative estimate of drug-likeness (QED) is 0.562. The fraction of sp³-hybridized carbons (Fsp3) is 1.00. The molecule has 0 fully saturated rings. The smallest absolute Gasteiger partial charge is 0.106 e. The highest BCUT2D eigenvalue weighted by atomic mass is 16.5. The zero-order valence-electron chi connectivity index (χ0n) is 5.43. The summed E-state index contributed by atoms with van der Waals surface area (Å²) in [6, 6.07) is 0. The van der Waals surface area contributed by atoms with E-state index in [2.05, 4.69) is 0 Å². The number of hydrogen-bond donors (Lipinski definition) is 0. The third-order valence-corrected chi connectivity index (χ3v) is 1.07. The van der Waals surface area contributed by atoms with Crippen molar-refractivity contribution in [2.75, 3.05) is 21.2 Å². The van der Waals surface area contributed by atoms with Crippen LogP contribution in [0.3, 0.4) is 0 Å². The fourth-order valence-electron chi connectivity index (χ4n) is 0.211. The van der Waals surface area contributed by atoms with E-state index in [-0.39, 0.29) is 28.5 Å². The molecule has 10 heavy (non-hydrogen) atoms. The molecule has 0 aliphatic rings. The summed E-state index contributed by atoms with van der Waals surface area (Å²) >= 11 is 0. The normalized spacial score (nSPS) is 10.5. The summed E-state index contributed by atoms with van der Waals surface area (Å²) in [5.41, 5.74) is 0. The molecule has 0 aromatic heterocycles. The summed E-state index contributed by atoms with van der Waals surface area (Å²) in [7, 11) is 5.66. The molecule has 0 aliphatic carbocycles. The van der Waals surface area contributed by atoms with Crippen LogP contribution < -0.4 is 0 Å². The minimum Gasteiger partial charge on any atom is -0.367 e. The van der Waals surface area contributed by atoms with Gasteiger partial charge < -0.3 is 4.74 Å². The van der Waals surface area contributed by atoms with Crippen molar-refractivity contribution in [3.63, 3.8) is 0 Å². The van der Waals surface area contributed by atoms with Crippen LogP contribution in [0.2, 0.25) is 0 Å². The van der Waals surface area contributed by atoms with Crippen LogP contribution in [-0.4, -0.2) is 32.3 Å². The van der Waals surface area contributed by atoms with Crippen LogP contribution >= 0.6 is 0 Å². The van der Waals surface area contributed by atoms with Crippen molar-refractivity contribution < 1.29 is 4.74 Å². The lowest BCUT2D eigenvalue weighted by Gasteiger charge is -2.16. The average Bonchev–Trinajstić information content (AvgIpc) is 1.65. The van der Waals surface area contributed by atoms with Gasteiger partial charge in [-0.1, -0.05) is 22.3 Å². The molecule has 2 nitrogen and oxygen atoms in total. The minimum atomic E-state index is 0. The molecule has 0 aliphatic heterocycles. The van der Waals surface area contributed by atoms with Crippen LogP contribution in [0.15, 0.2) is 0 Å². The van der Waals surface area contributed by atoms with Crippen LogP contribution in [0.4, 0.5) is 0 Å². The third kappa shape index (κ3) is 10.8. The van der Waals surface area contributed by atoms with Crippen molar-refractivity contribution >= 4 is 0 Å². The van der Waals surface area contributed by atoms with Crippen molar-refractivity contribution in [1.82, 2.24) is 4.90 Å². The predicted molar refractivity (Wildman–Crippen MR) is 50.4 cm³/mol. The highest BCUT2D eigenvalue weighted by Gasteiger charge is 1.97. The number of hydrogen-bond acceptors (Lipinski definition) is 2. The van der Waals surface area contributed by atoms with E-state index in [1.54, 1.807) is 7.11 Å². The third-order valence-electron chi connectivity index (χ3n) is 1.07. The molecule has 0 heterocycles. The van der Waals surface area contributed by atoms with E-state index in [9.17, 15) is 0 Å². The Bertz CT molecular complexity index is 46.5. The average molecular weight is 151 g/mol. The molecular weight excluding hydrogens is 126 g/mol. The van der Waals surface area contributed by atoms with Gasteiger partial charge in [-0.2, -0.15) is 0 Å². The van der Waals surface area contributed by atoms with Crippen LogP contribution in [0.1, 0.15) is 29.2 Å². The Morgan fingerprint density at radius 2 is 1.40 bits per heavy atom. The molecule has 0 N–H and O–H groups in total. The topological polar surface area (TPSA) is 12.5 Å². The Labute approximate surface area is 67.2 Å². The van der Waals surface area contributed by atoms with Gasteiger partial charge in [0.05, 0.1) is 0 Å². The Hall–Kier alpha value is -0.0800. The Morgan fingerprint density at radius 1 is 1.10 bits per heavy atom. The Balaban J connectivity index is -0.0000000600. The van der Waals surface area contributed by atoms with Gasteiger partial charge in [-0.15, -0.1) is 0 Å². The zero-order valence-corrected chi connectivity index (χ0v) is 5.43. The molecule has 0 saturated carbocycles. The van der Waals surface area contributed by atoms with E-state index in [4.69, 9.17) is 4.74 Å². The standard InChI is InChI=1S/C5H13NO.3CH4/c1-5(7-4)6(2)3;;;/h5H,1-4H3;3*1H4. The van der Waals surface area contributed by atoms with Crippen LogP contribution in [0.25, 0.3) is 0 Å². The first-order valence-corrected chi connectivity index (χ1v) is 2.37. The minimum absolute atomic E-state index is 0. The second-order valence-electron chi connectivity index (χ2n) is 1.80. The van der Waals surface area contributed by atoms with Gasteiger partial charge in [0.2, 0.25) is 0 Å². The van der Waals surface area contributed by atoms with Gasteiger partial charge in [-0.05, 0) is 21.0 Å². The van der Waals surface area contributed by atoms with Crippen LogP contribution in [0, 0.1) is 0 Å². The van der Waals surface area contributed by atoms with Crippen molar-refractivity contribution in [2.45, 2.75) is 35.4 Å². The zero-order chi connectivity index (χ0) is 5.86. The van der Waals surface area contributed by atoms with E-state index < -0.39 is 0 Å². The van der Waals surface area contributed by atoms with Gasteiger partial charge >= 0.3 is 0 Å². The molecule has 0 radical (unpaired) electrons. The van der Waals surface area contributed by atoms with E-state index in [1.807, 2.05) is 25.9 Å². The van der Waals surface area contributed by atoms with E-state index in [0.29, 0.717) is 0 Å². The van der Waals surface area contributed by atoms with Crippen molar-refractivity contribution in [2.24, 2.45) is 0 Å². The van der Waals surface area contributed by atoms with Crippen molar-refractivity contribution in [3.8, 4) is 0 Å². The molecule has 0 bridgehead atoms. The van der Waals surface area contributed by atoms with Gasteiger partial charge in [0.1, 0.15) is 6.23 Å². The van der Waals surface area contributed by atoms with Crippen molar-refractivity contribution in [3.05, 3.63) is 0 Å². The first-order valence-electron chi connectivity index (χ1n) is 2.37. The highest BCUT2D eigenvalue weighted by molar-refractivity contribution is 4.39. The maximum absolute atomic E-state index is 4.94. The fourth-order valence-corrected chi connectivity index (χ4v) is 0.211. The second-order valence-corrected chi connectivity index (χ2v) is 1.80. The summed E-state index contributed by atoms with van der Waals surface area (Å²) in [5.74, 6) is 0. The van der Waals surface area contributed by atoms with Crippen LogP contribution in [-0.2, 0) is 4.74 Å². The molecule has 0 aromatic carbocycles. The highest BCUT2D eigenvalue weighted by Crippen LogP contribution is 1.88. The molecule has 2 heteroatoms. The lowest BCUT2D eigenvalue weighted by Crippen LogP contribution is -2.25. The molecule has 0 amide bonds. The second kappa shape index (κ2) is 11.7. The molecule has 0 saturated heterocycles. The summed E-state index contributed by atoms with van der Waals surface area (Å²) in [5, 5.41) is 0. The first kappa shape index (κ1) is 22.5. The van der Waals surface area contributed by atoms with Crippen molar-refractivity contribution in [1.29, 1.82) is 0 Å². The van der Waals surface area contributed by atoms with E-state index in [0.717, 1.165) is 0 Å². The first-order chi connectivity index (χ1) is 3.18. The lowest BCUT2D eigenvalue weighted by molar-refractivity contribution is 0.0116. The number of rotatable bonds is 2. The molecule has 1 atom stereocenters. The molecule has 0 spiro atoms. The maximum Gasteiger partial charge on any atom is 0.106 e. The summed E-state index contributed by atoms with van der Waals surface area (Å²) in [6.07, 6.45) is 0.236. The number of nitrogens with zero attached hydrogens (tertiary/aromatic N) is 1. The van der Waals surface area contributed by atoms with E-state index >= 15 is 0 Å². The summed E-state index contributed by atoms with van der Waals surface area (Å²) in [6.45, 7) is 2.00.